The van der Waals surface area contributed by atoms with Crippen LogP contribution in [0, 0.1) is 0 Å². The number of allylic oxidation sites excluding steroid dienone is 6. The summed E-state index contributed by atoms with van der Waals surface area (Å²) in [5, 5.41) is 8.48. The third-order valence-corrected chi connectivity index (χ3v) is 2.79. The molecule has 2 heteroatoms. The highest BCUT2D eigenvalue weighted by atomic mass is 16.4. The van der Waals surface area contributed by atoms with Crippen molar-refractivity contribution in [3.05, 3.63) is 36.5 Å². The van der Waals surface area contributed by atoms with Gasteiger partial charge in [0.2, 0.25) is 0 Å². The monoisotopic (exact) mass is 264 g/mol. The molecule has 108 valence electrons. The Morgan fingerprint density at radius 2 is 1.42 bits per heavy atom. The Hall–Kier alpha value is -1.31. The van der Waals surface area contributed by atoms with E-state index in [4.69, 9.17) is 5.11 Å². The number of aliphatic carboxylic acids is 1. The molecule has 0 aromatic heterocycles. The van der Waals surface area contributed by atoms with Crippen molar-refractivity contribution in [2.45, 2.75) is 64.7 Å². The van der Waals surface area contributed by atoms with Crippen LogP contribution in [-0.4, -0.2) is 11.1 Å². The van der Waals surface area contributed by atoms with E-state index in [1.165, 1.54) is 6.42 Å². The highest BCUT2D eigenvalue weighted by Gasteiger charge is 1.95. The van der Waals surface area contributed by atoms with Crippen LogP contribution in [0.1, 0.15) is 64.7 Å². The molecule has 0 aliphatic heterocycles. The minimum absolute atomic E-state index is 0.313. The van der Waals surface area contributed by atoms with E-state index in [1.54, 1.807) is 0 Å². The van der Waals surface area contributed by atoms with Crippen molar-refractivity contribution in [1.29, 1.82) is 0 Å². The Morgan fingerprint density at radius 3 is 2.05 bits per heavy atom. The van der Waals surface area contributed by atoms with Gasteiger partial charge in [0.25, 0.3) is 0 Å². The fraction of sp³-hybridized carbons (Fsp3) is 0.588. The van der Waals surface area contributed by atoms with Crippen molar-refractivity contribution in [3.8, 4) is 0 Å². The van der Waals surface area contributed by atoms with Crippen molar-refractivity contribution in [3.63, 3.8) is 0 Å². The first-order chi connectivity index (χ1) is 9.27. The Kier molecular flexibility index (Phi) is 13.7. The lowest BCUT2D eigenvalue weighted by Gasteiger charge is -1.96. The molecule has 0 unspecified atom stereocenters. The number of unbranched alkanes of at least 4 members (excludes halogenated alkanes) is 4. The van der Waals surface area contributed by atoms with Crippen molar-refractivity contribution < 1.29 is 9.90 Å². The van der Waals surface area contributed by atoms with Crippen LogP contribution in [-0.2, 0) is 4.79 Å². The van der Waals surface area contributed by atoms with Crippen LogP contribution in [0.5, 0.6) is 0 Å². The topological polar surface area (TPSA) is 37.3 Å². The molecule has 19 heavy (non-hydrogen) atoms. The lowest BCUT2D eigenvalue weighted by atomic mass is 10.1. The SMILES string of the molecule is CCC=CCC=CCC=CCCCCCCC(=O)O. The van der Waals surface area contributed by atoms with Gasteiger partial charge in [0, 0.05) is 6.42 Å². The Bertz CT molecular complexity index is 288. The molecule has 1 N–H and O–H groups in total. The molecule has 0 heterocycles. The van der Waals surface area contributed by atoms with Crippen molar-refractivity contribution in [2.75, 3.05) is 0 Å². The fourth-order valence-electron chi connectivity index (χ4n) is 1.72. The molecule has 0 aromatic carbocycles. The quantitative estimate of drug-likeness (QED) is 0.385. The summed E-state index contributed by atoms with van der Waals surface area (Å²) in [6, 6.07) is 0. The average Bonchev–Trinajstić information content (AvgIpc) is 2.39. The Morgan fingerprint density at radius 1 is 0.842 bits per heavy atom. The van der Waals surface area contributed by atoms with Gasteiger partial charge in [-0.05, 0) is 38.5 Å². The third kappa shape index (κ3) is 16.7. The molecule has 0 amide bonds. The van der Waals surface area contributed by atoms with Crippen molar-refractivity contribution in [1.82, 2.24) is 0 Å². The minimum Gasteiger partial charge on any atom is -0.481 e. The first kappa shape index (κ1) is 17.7. The largest absolute Gasteiger partial charge is 0.481 e. The van der Waals surface area contributed by atoms with E-state index in [0.29, 0.717) is 6.42 Å². The molecule has 0 saturated heterocycles. The maximum Gasteiger partial charge on any atom is 0.303 e. The predicted molar refractivity (Wildman–Crippen MR) is 82.3 cm³/mol. The minimum atomic E-state index is -0.680. The molecule has 0 saturated carbocycles. The van der Waals surface area contributed by atoms with Crippen LogP contribution < -0.4 is 0 Å². The molecular formula is C17H28O2. The molecule has 0 aromatic rings. The van der Waals surface area contributed by atoms with Gasteiger partial charge < -0.3 is 5.11 Å². The maximum absolute atomic E-state index is 10.3. The van der Waals surface area contributed by atoms with E-state index in [-0.39, 0.29) is 0 Å². The number of hydrogen-bond acceptors (Lipinski definition) is 1. The summed E-state index contributed by atoms with van der Waals surface area (Å²) in [5.74, 6) is -0.680. The van der Waals surface area contributed by atoms with Gasteiger partial charge in [-0.25, -0.2) is 0 Å². The molecule has 2 nitrogen and oxygen atoms in total. The zero-order valence-corrected chi connectivity index (χ0v) is 12.2. The Labute approximate surface area is 117 Å². The van der Waals surface area contributed by atoms with Gasteiger partial charge in [-0.2, -0.15) is 0 Å². The van der Waals surface area contributed by atoms with E-state index in [1.807, 2.05) is 0 Å². The van der Waals surface area contributed by atoms with E-state index >= 15 is 0 Å². The molecule has 0 aliphatic rings. The van der Waals surface area contributed by atoms with Crippen LogP contribution in [0.2, 0.25) is 0 Å². The summed E-state index contributed by atoms with van der Waals surface area (Å²) in [4.78, 5) is 10.3. The average molecular weight is 264 g/mol. The van der Waals surface area contributed by atoms with E-state index < -0.39 is 5.97 Å². The Balaban J connectivity index is 3.25. The summed E-state index contributed by atoms with van der Waals surface area (Å²) < 4.78 is 0. The number of hydrogen-bond donors (Lipinski definition) is 1. The van der Waals surface area contributed by atoms with Gasteiger partial charge in [-0.15, -0.1) is 0 Å². The van der Waals surface area contributed by atoms with Gasteiger partial charge in [-0.1, -0.05) is 56.2 Å². The van der Waals surface area contributed by atoms with E-state index in [9.17, 15) is 4.79 Å². The maximum atomic E-state index is 10.3. The first-order valence-corrected chi connectivity index (χ1v) is 7.44. The van der Waals surface area contributed by atoms with Crippen LogP contribution in [0.4, 0.5) is 0 Å². The standard InChI is InChI=1S/C17H28O2/c1-2-3-4-5-6-7-8-9-10-11-12-13-14-15-16-17(18)19/h3-4,6-7,9-10H,2,5,8,11-16H2,1H3,(H,18,19). The molecule has 0 aliphatic carbocycles. The first-order valence-electron chi connectivity index (χ1n) is 7.44. The second-order valence-electron chi connectivity index (χ2n) is 4.64. The number of carboxylic acids is 1. The van der Waals surface area contributed by atoms with Gasteiger partial charge in [0.1, 0.15) is 0 Å². The fourth-order valence-corrected chi connectivity index (χ4v) is 1.72. The zero-order chi connectivity index (χ0) is 14.2. The predicted octanol–water partition coefficient (Wildman–Crippen LogP) is 5.27. The van der Waals surface area contributed by atoms with Crippen molar-refractivity contribution in [2.24, 2.45) is 0 Å². The van der Waals surface area contributed by atoms with Crippen LogP contribution in [0.3, 0.4) is 0 Å². The van der Waals surface area contributed by atoms with E-state index in [2.05, 4.69) is 43.4 Å². The van der Waals surface area contributed by atoms with Gasteiger partial charge >= 0.3 is 5.97 Å². The summed E-state index contributed by atoms with van der Waals surface area (Å²) in [7, 11) is 0. The van der Waals surface area contributed by atoms with Gasteiger partial charge in [0.05, 0.1) is 0 Å². The van der Waals surface area contributed by atoms with Crippen molar-refractivity contribution >= 4 is 5.97 Å². The second-order valence-corrected chi connectivity index (χ2v) is 4.64. The lowest BCUT2D eigenvalue weighted by molar-refractivity contribution is -0.137. The second kappa shape index (κ2) is 14.7. The van der Waals surface area contributed by atoms with Crippen LogP contribution in [0.25, 0.3) is 0 Å². The molecular weight excluding hydrogens is 236 g/mol. The zero-order valence-electron chi connectivity index (χ0n) is 12.2. The number of carboxylic acid groups (broad SMARTS) is 1. The molecule has 0 spiro atoms. The summed E-state index contributed by atoms with van der Waals surface area (Å²) in [6.07, 6.45) is 21.9. The highest BCUT2D eigenvalue weighted by molar-refractivity contribution is 5.66. The molecule has 0 rings (SSSR count). The highest BCUT2D eigenvalue weighted by Crippen LogP contribution is 2.06. The third-order valence-electron chi connectivity index (χ3n) is 2.79. The van der Waals surface area contributed by atoms with Gasteiger partial charge in [0.15, 0.2) is 0 Å². The van der Waals surface area contributed by atoms with Crippen LogP contribution >= 0.6 is 0 Å². The summed E-state index contributed by atoms with van der Waals surface area (Å²) in [6.45, 7) is 2.14. The normalized spacial score (nSPS) is 12.1. The molecule has 0 radical (unpaired) electrons. The number of rotatable bonds is 12. The van der Waals surface area contributed by atoms with Gasteiger partial charge in [-0.3, -0.25) is 4.79 Å². The molecule has 0 fully saturated rings. The smallest absolute Gasteiger partial charge is 0.303 e. The van der Waals surface area contributed by atoms with E-state index in [0.717, 1.165) is 44.9 Å². The molecule has 0 bridgehead atoms. The summed E-state index contributed by atoms with van der Waals surface area (Å²) in [5.41, 5.74) is 0. The van der Waals surface area contributed by atoms with Crippen LogP contribution in [0.15, 0.2) is 36.5 Å². The molecule has 0 atom stereocenters. The lowest BCUT2D eigenvalue weighted by Crippen LogP contribution is -1.93. The summed E-state index contributed by atoms with van der Waals surface area (Å²) >= 11 is 0. The number of carbonyl (C=O) groups is 1.